The third kappa shape index (κ3) is 4.28. The lowest BCUT2D eigenvalue weighted by atomic mass is 10.3. The Balaban J connectivity index is 1.62. The first-order valence-corrected chi connectivity index (χ1v) is 9.95. The molecule has 11 heteroatoms. The average molecular weight is 431 g/mol. The van der Waals surface area contributed by atoms with Crippen LogP contribution < -0.4 is 25.6 Å². The van der Waals surface area contributed by atoms with Crippen LogP contribution >= 0.6 is 0 Å². The molecule has 3 heterocycles. The second kappa shape index (κ2) is 8.82. The Morgan fingerprint density at radius 2 is 1.87 bits per heavy atom. The van der Waals surface area contributed by atoms with Crippen LogP contribution in [0.1, 0.15) is 0 Å². The van der Waals surface area contributed by atoms with E-state index in [1.165, 1.54) is 4.57 Å². The molecule has 0 bridgehead atoms. The number of aliphatic hydroxyl groups excluding tert-OH is 1. The Morgan fingerprint density at radius 3 is 2.55 bits per heavy atom. The van der Waals surface area contributed by atoms with Gasteiger partial charge in [-0.3, -0.25) is 14.3 Å². The van der Waals surface area contributed by atoms with E-state index in [2.05, 4.69) is 9.97 Å². The predicted molar refractivity (Wildman–Crippen MR) is 113 cm³/mol. The Hall–Kier alpha value is -3.31. The van der Waals surface area contributed by atoms with Crippen LogP contribution in [0.5, 0.6) is 11.5 Å². The quantitative estimate of drug-likeness (QED) is 0.523. The Bertz CT molecular complexity index is 1160. The highest BCUT2D eigenvalue weighted by Gasteiger charge is 2.24. The molecule has 0 saturated carbocycles. The smallest absolute Gasteiger partial charge is 0.329 e. The minimum atomic E-state index is -0.920. The summed E-state index contributed by atoms with van der Waals surface area (Å²) in [7, 11) is 3.13. The van der Waals surface area contributed by atoms with Gasteiger partial charge in [0.25, 0.3) is 5.56 Å². The fourth-order valence-electron chi connectivity index (χ4n) is 3.53. The van der Waals surface area contributed by atoms with Crippen LogP contribution in [-0.2, 0) is 18.3 Å². The van der Waals surface area contributed by atoms with Gasteiger partial charge >= 0.3 is 5.69 Å². The van der Waals surface area contributed by atoms with Gasteiger partial charge in [0.15, 0.2) is 11.2 Å². The number of ether oxygens (including phenoxy) is 3. The minimum absolute atomic E-state index is 0.0121. The van der Waals surface area contributed by atoms with Crippen molar-refractivity contribution < 1.29 is 19.3 Å². The fourth-order valence-corrected chi connectivity index (χ4v) is 3.53. The van der Waals surface area contributed by atoms with Gasteiger partial charge in [-0.15, -0.1) is 0 Å². The second-order valence-electron chi connectivity index (χ2n) is 7.25. The van der Waals surface area contributed by atoms with Crippen molar-refractivity contribution in [3.8, 4) is 11.5 Å². The maximum Gasteiger partial charge on any atom is 0.329 e. The number of aryl methyl sites for hydroxylation is 1. The lowest BCUT2D eigenvalue weighted by Gasteiger charge is -2.28. The van der Waals surface area contributed by atoms with Crippen molar-refractivity contribution in [3.05, 3.63) is 45.1 Å². The number of imidazole rings is 1. The summed E-state index contributed by atoms with van der Waals surface area (Å²) in [5.74, 6) is 1.80. The van der Waals surface area contributed by atoms with Crippen LogP contribution in [0, 0.1) is 0 Å². The number of aromatic nitrogens is 4. The number of aromatic amines is 1. The first-order chi connectivity index (χ1) is 15.0. The normalized spacial score (nSPS) is 15.3. The van der Waals surface area contributed by atoms with E-state index in [1.807, 2.05) is 4.90 Å². The third-order valence-electron chi connectivity index (χ3n) is 5.18. The van der Waals surface area contributed by atoms with Crippen LogP contribution in [0.25, 0.3) is 11.2 Å². The van der Waals surface area contributed by atoms with Gasteiger partial charge in [0.05, 0.1) is 26.9 Å². The molecule has 31 heavy (non-hydrogen) atoms. The molecular weight excluding hydrogens is 406 g/mol. The zero-order valence-corrected chi connectivity index (χ0v) is 17.4. The zero-order chi connectivity index (χ0) is 22.0. The lowest BCUT2D eigenvalue weighted by molar-refractivity contribution is 0.0927. The van der Waals surface area contributed by atoms with Crippen molar-refractivity contribution in [2.45, 2.75) is 12.6 Å². The molecule has 1 aromatic carbocycles. The number of anilines is 1. The Morgan fingerprint density at radius 1 is 1.19 bits per heavy atom. The first-order valence-electron chi connectivity index (χ1n) is 9.95. The van der Waals surface area contributed by atoms with Crippen molar-refractivity contribution >= 4 is 17.1 Å². The summed E-state index contributed by atoms with van der Waals surface area (Å²) in [4.78, 5) is 33.5. The molecular formula is C20H25N5O6. The summed E-state index contributed by atoms with van der Waals surface area (Å²) in [6, 6.07) is 7.03. The van der Waals surface area contributed by atoms with Gasteiger partial charge in [0.2, 0.25) is 5.95 Å². The van der Waals surface area contributed by atoms with Gasteiger partial charge < -0.3 is 28.8 Å². The molecule has 11 nitrogen and oxygen atoms in total. The second-order valence-corrected chi connectivity index (χ2v) is 7.25. The average Bonchev–Trinajstić information content (AvgIpc) is 3.17. The standard InChI is InChI=1S/C20H25N5O6/c1-23-17-16(18(27)22-20(23)28)25(19(21-17)24-7-9-30-10-8-24)11-13(26)12-31-15-5-3-14(29-2)4-6-15/h3-6,13,26H,7-12H2,1-2H3,(H,22,27,28)/t13-/m0/s1. The molecule has 0 aliphatic carbocycles. The van der Waals surface area contributed by atoms with Crippen molar-refractivity contribution in [3.63, 3.8) is 0 Å². The predicted octanol–water partition coefficient (Wildman–Crippen LogP) is -0.292. The van der Waals surface area contributed by atoms with Gasteiger partial charge in [-0.1, -0.05) is 0 Å². The summed E-state index contributed by atoms with van der Waals surface area (Å²) < 4.78 is 19.1. The summed E-state index contributed by atoms with van der Waals surface area (Å²) in [5.41, 5.74) is -0.599. The highest BCUT2D eigenvalue weighted by Crippen LogP contribution is 2.22. The molecule has 3 aromatic rings. The van der Waals surface area contributed by atoms with Crippen molar-refractivity contribution in [2.75, 3.05) is 44.9 Å². The maximum atomic E-state index is 12.6. The number of hydrogen-bond donors (Lipinski definition) is 2. The molecule has 1 aliphatic heterocycles. The summed E-state index contributed by atoms with van der Waals surface area (Å²) in [5, 5.41) is 10.7. The van der Waals surface area contributed by atoms with E-state index in [-0.39, 0.29) is 24.3 Å². The topological polar surface area (TPSA) is 124 Å². The summed E-state index contributed by atoms with van der Waals surface area (Å²) in [6.45, 7) is 2.32. The number of hydrogen-bond acceptors (Lipinski definition) is 8. The molecule has 0 unspecified atom stereocenters. The molecule has 166 valence electrons. The molecule has 0 spiro atoms. The number of fused-ring (bicyclic) bond motifs is 1. The first kappa shape index (κ1) is 20.9. The van der Waals surface area contributed by atoms with E-state index < -0.39 is 17.4 Å². The highest BCUT2D eigenvalue weighted by molar-refractivity contribution is 5.74. The van der Waals surface area contributed by atoms with Crippen molar-refractivity contribution in [1.29, 1.82) is 0 Å². The van der Waals surface area contributed by atoms with Crippen LogP contribution in [-0.4, -0.2) is 70.3 Å². The summed E-state index contributed by atoms with van der Waals surface area (Å²) in [6.07, 6.45) is -0.920. The SMILES string of the molecule is COc1ccc(OC[C@@H](O)Cn2c(N3CCOCC3)nc3c2c(=O)[nH]c(=O)n3C)cc1. The van der Waals surface area contributed by atoms with Gasteiger partial charge in [-0.25, -0.2) is 4.79 Å². The number of rotatable bonds is 7. The molecule has 2 aromatic heterocycles. The maximum absolute atomic E-state index is 12.6. The fraction of sp³-hybridized carbons (Fsp3) is 0.450. The van der Waals surface area contributed by atoms with Crippen LogP contribution in [0.4, 0.5) is 5.95 Å². The van der Waals surface area contributed by atoms with Gasteiger partial charge in [0, 0.05) is 20.1 Å². The van der Waals surface area contributed by atoms with Crippen molar-refractivity contribution in [2.24, 2.45) is 7.05 Å². The third-order valence-corrected chi connectivity index (χ3v) is 5.18. The van der Waals surface area contributed by atoms with Crippen LogP contribution in [0.2, 0.25) is 0 Å². The van der Waals surface area contributed by atoms with Crippen LogP contribution in [0.15, 0.2) is 33.9 Å². The largest absolute Gasteiger partial charge is 0.497 e. The number of aliphatic hydroxyl groups is 1. The van der Waals surface area contributed by atoms with E-state index in [0.29, 0.717) is 43.8 Å². The van der Waals surface area contributed by atoms with E-state index >= 15 is 0 Å². The minimum Gasteiger partial charge on any atom is -0.497 e. The summed E-state index contributed by atoms with van der Waals surface area (Å²) >= 11 is 0. The van der Waals surface area contributed by atoms with E-state index in [0.717, 1.165) is 0 Å². The van der Waals surface area contributed by atoms with Gasteiger partial charge in [-0.05, 0) is 24.3 Å². The molecule has 1 fully saturated rings. The van der Waals surface area contributed by atoms with Gasteiger partial charge in [0.1, 0.15) is 24.2 Å². The molecule has 2 N–H and O–H groups in total. The number of nitrogens with zero attached hydrogens (tertiary/aromatic N) is 4. The molecule has 0 radical (unpaired) electrons. The van der Waals surface area contributed by atoms with E-state index in [9.17, 15) is 14.7 Å². The van der Waals surface area contributed by atoms with Crippen molar-refractivity contribution in [1.82, 2.24) is 19.1 Å². The Labute approximate surface area is 177 Å². The van der Waals surface area contributed by atoms with Gasteiger partial charge in [-0.2, -0.15) is 4.98 Å². The van der Waals surface area contributed by atoms with Crippen LogP contribution in [0.3, 0.4) is 0 Å². The number of nitrogens with one attached hydrogen (secondary N) is 1. The Kier molecular flexibility index (Phi) is 5.96. The number of methoxy groups -OCH3 is 1. The monoisotopic (exact) mass is 431 g/mol. The molecule has 1 atom stereocenters. The lowest BCUT2D eigenvalue weighted by Crippen LogP contribution is -2.39. The van der Waals surface area contributed by atoms with E-state index in [1.54, 1.807) is 43.0 Å². The zero-order valence-electron chi connectivity index (χ0n) is 17.4. The molecule has 4 rings (SSSR count). The number of H-pyrrole nitrogens is 1. The van der Waals surface area contributed by atoms with E-state index in [4.69, 9.17) is 14.2 Å². The highest BCUT2D eigenvalue weighted by atomic mass is 16.5. The molecule has 1 saturated heterocycles. The number of morpholine rings is 1. The molecule has 1 aliphatic rings. The number of benzene rings is 1. The molecule has 0 amide bonds.